The van der Waals surface area contributed by atoms with Gasteiger partial charge in [-0.05, 0) is 167 Å². The molecule has 3 heterocycles. The van der Waals surface area contributed by atoms with Gasteiger partial charge in [-0.1, -0.05) is 11.8 Å². The molecule has 0 unspecified atom stereocenters. The van der Waals surface area contributed by atoms with E-state index in [1.54, 1.807) is 0 Å². The third kappa shape index (κ3) is 14.4. The molecule has 0 aliphatic carbocycles. The van der Waals surface area contributed by atoms with E-state index < -0.39 is 0 Å². The Labute approximate surface area is 264 Å². The van der Waals surface area contributed by atoms with Gasteiger partial charge in [-0.2, -0.15) is 0 Å². The lowest BCUT2D eigenvalue weighted by Gasteiger charge is -2.43. The Hall–Kier alpha value is -0.640. The van der Waals surface area contributed by atoms with Crippen LogP contribution >= 0.6 is 0 Å². The summed E-state index contributed by atoms with van der Waals surface area (Å²) < 4.78 is 0. The van der Waals surface area contributed by atoms with E-state index in [0.717, 1.165) is 18.4 Å². The van der Waals surface area contributed by atoms with E-state index in [0.29, 0.717) is 16.6 Å². The quantitative estimate of drug-likeness (QED) is 0.318. The van der Waals surface area contributed by atoms with Gasteiger partial charge in [0.2, 0.25) is 0 Å². The Morgan fingerprint density at radius 3 is 1.38 bits per heavy atom. The molecule has 3 fully saturated rings. The van der Waals surface area contributed by atoms with Gasteiger partial charge >= 0.3 is 0 Å². The van der Waals surface area contributed by atoms with Crippen LogP contribution in [0.4, 0.5) is 0 Å². The molecule has 3 rings (SSSR count). The number of nitrogens with zero attached hydrogens (tertiary/aromatic N) is 5. The average Bonchev–Trinajstić information content (AvgIpc) is 2.86. The first-order chi connectivity index (χ1) is 19.2. The van der Waals surface area contributed by atoms with Crippen molar-refractivity contribution in [3.8, 4) is 11.8 Å². The van der Waals surface area contributed by atoms with Crippen molar-refractivity contribution in [2.75, 3.05) is 79.0 Å². The fourth-order valence-electron chi connectivity index (χ4n) is 6.63. The fourth-order valence-corrected chi connectivity index (χ4v) is 6.63. The minimum Gasteiger partial charge on any atom is -0.301 e. The maximum Gasteiger partial charge on any atom is 0.0599 e. The molecule has 0 radical (unpaired) electrons. The molecule has 3 aliphatic heterocycles. The van der Waals surface area contributed by atoms with Gasteiger partial charge in [0.15, 0.2) is 0 Å². The zero-order valence-corrected chi connectivity index (χ0v) is 30.7. The van der Waals surface area contributed by atoms with Crippen LogP contribution in [0, 0.1) is 29.1 Å². The van der Waals surface area contributed by atoms with Gasteiger partial charge in [0.25, 0.3) is 0 Å². The Kier molecular flexibility index (Phi) is 14.4. The molecule has 0 bridgehead atoms. The van der Waals surface area contributed by atoms with Crippen LogP contribution in [0.1, 0.15) is 115 Å². The predicted octanol–water partition coefficient (Wildman–Crippen LogP) is 6.78. The van der Waals surface area contributed by atoms with Crippen molar-refractivity contribution in [2.24, 2.45) is 17.3 Å². The Bertz CT molecular complexity index is 770. The molecular weight excluding hydrogens is 514 g/mol. The third-order valence-electron chi connectivity index (χ3n) is 9.68. The summed E-state index contributed by atoms with van der Waals surface area (Å²) in [5.41, 5.74) is 1.15. The van der Waals surface area contributed by atoms with E-state index in [-0.39, 0.29) is 5.41 Å². The summed E-state index contributed by atoms with van der Waals surface area (Å²) in [6.45, 7) is 41.0. The minimum atomic E-state index is 0.124. The lowest BCUT2D eigenvalue weighted by molar-refractivity contribution is 0.0523. The number of likely N-dealkylation sites (tertiary alicyclic amines) is 2. The van der Waals surface area contributed by atoms with Crippen LogP contribution in [0.25, 0.3) is 0 Å². The van der Waals surface area contributed by atoms with Gasteiger partial charge < -0.3 is 4.90 Å². The van der Waals surface area contributed by atoms with E-state index >= 15 is 0 Å². The molecule has 0 aromatic carbocycles. The number of piperidine rings is 2. The number of rotatable bonds is 6. The summed E-state index contributed by atoms with van der Waals surface area (Å²) in [6, 6.07) is 0. The fraction of sp³-hybridized carbons (Fsp3) is 0.946. The molecule has 0 atom stereocenters. The molecule has 5 heteroatoms. The molecular formula is C37H73N5. The van der Waals surface area contributed by atoms with E-state index in [2.05, 4.69) is 126 Å². The van der Waals surface area contributed by atoms with Crippen LogP contribution in [0.3, 0.4) is 0 Å². The maximum absolute atomic E-state index is 3.32. The lowest BCUT2D eigenvalue weighted by atomic mass is 9.90. The summed E-state index contributed by atoms with van der Waals surface area (Å²) in [5, 5.41) is 0. The highest BCUT2D eigenvalue weighted by molar-refractivity contribution is 5.08. The number of piperazine rings is 1. The normalized spacial score (nSPS) is 22.0. The first-order valence-corrected chi connectivity index (χ1v) is 17.4. The van der Waals surface area contributed by atoms with Crippen molar-refractivity contribution in [3.63, 3.8) is 0 Å². The first kappa shape index (κ1) is 37.5. The predicted molar refractivity (Wildman–Crippen MR) is 185 cm³/mol. The van der Waals surface area contributed by atoms with E-state index in [4.69, 9.17) is 0 Å². The second-order valence-corrected chi connectivity index (χ2v) is 17.7. The summed E-state index contributed by atoms with van der Waals surface area (Å²) in [4.78, 5) is 13.0. The monoisotopic (exact) mass is 588 g/mol. The first-order valence-electron chi connectivity index (χ1n) is 17.4. The van der Waals surface area contributed by atoms with Gasteiger partial charge in [-0.25, -0.2) is 0 Å². The highest BCUT2D eigenvalue weighted by atomic mass is 15.3. The number of hydrogen-bond acceptors (Lipinski definition) is 5. The molecule has 5 nitrogen and oxygen atoms in total. The second kappa shape index (κ2) is 16.1. The van der Waals surface area contributed by atoms with Crippen molar-refractivity contribution in [1.82, 2.24) is 24.5 Å². The van der Waals surface area contributed by atoms with Crippen LogP contribution in [-0.4, -0.2) is 120 Å². The molecule has 246 valence electrons. The second-order valence-electron chi connectivity index (χ2n) is 17.7. The molecule has 3 saturated heterocycles. The van der Waals surface area contributed by atoms with Crippen molar-refractivity contribution >= 4 is 0 Å². The molecule has 0 aromatic rings. The summed E-state index contributed by atoms with van der Waals surface area (Å²) in [6.07, 6.45) is 6.87. The van der Waals surface area contributed by atoms with Crippen LogP contribution < -0.4 is 0 Å². The van der Waals surface area contributed by atoms with Crippen molar-refractivity contribution in [1.29, 1.82) is 0 Å². The lowest BCUT2D eigenvalue weighted by Crippen LogP contribution is -2.53. The maximum atomic E-state index is 3.32. The van der Waals surface area contributed by atoms with Gasteiger partial charge in [-0.3, -0.25) is 19.6 Å². The molecule has 0 amide bonds. The summed E-state index contributed by atoms with van der Waals surface area (Å²) in [5.74, 6) is 8.43. The zero-order valence-electron chi connectivity index (χ0n) is 30.7. The van der Waals surface area contributed by atoms with E-state index in [1.165, 1.54) is 97.6 Å². The van der Waals surface area contributed by atoms with E-state index in [1.807, 2.05) is 0 Å². The van der Waals surface area contributed by atoms with Gasteiger partial charge in [0, 0.05) is 54.8 Å². The topological polar surface area (TPSA) is 16.2 Å². The Morgan fingerprint density at radius 1 is 0.571 bits per heavy atom. The standard InChI is InChI=1S/C19H39N3.C18H34N2/c1-18(2,3)21-11-8-17(9-12-21)7-10-20-13-15-22(16-14-20)19(4,5)6;1-17(2,3)11-8-12-19(7)15-16-9-13-20(14-10-16)18(4,5)6/h17H,7-16H2,1-6H3;16H,9-10,12-15H2,1-7H3. The third-order valence-corrected chi connectivity index (χ3v) is 9.68. The van der Waals surface area contributed by atoms with Crippen LogP contribution in [0.15, 0.2) is 0 Å². The smallest absolute Gasteiger partial charge is 0.0599 e. The molecule has 0 spiro atoms. The minimum absolute atomic E-state index is 0.124. The van der Waals surface area contributed by atoms with Crippen molar-refractivity contribution in [2.45, 2.75) is 132 Å². The van der Waals surface area contributed by atoms with Crippen LogP contribution in [0.2, 0.25) is 0 Å². The van der Waals surface area contributed by atoms with Crippen molar-refractivity contribution < 1.29 is 0 Å². The SMILES string of the molecule is CC(C)(C)N1CCC(CCN2CCN(C(C)(C)C)CC2)CC1.CN(CC#CC(C)(C)C)CC1CCN(C(C)(C)C)CC1. The Morgan fingerprint density at radius 2 is 0.976 bits per heavy atom. The van der Waals surface area contributed by atoms with Crippen molar-refractivity contribution in [3.05, 3.63) is 0 Å². The zero-order chi connectivity index (χ0) is 31.8. The summed E-state index contributed by atoms with van der Waals surface area (Å²) in [7, 11) is 2.20. The van der Waals surface area contributed by atoms with Gasteiger partial charge in [0.1, 0.15) is 0 Å². The molecule has 3 aliphatic rings. The highest BCUT2D eigenvalue weighted by Gasteiger charge is 2.29. The molecule has 0 saturated carbocycles. The Balaban J connectivity index is 0.000000295. The summed E-state index contributed by atoms with van der Waals surface area (Å²) >= 11 is 0. The average molecular weight is 588 g/mol. The van der Waals surface area contributed by atoms with Crippen LogP contribution in [0.5, 0.6) is 0 Å². The number of hydrogen-bond donors (Lipinski definition) is 0. The molecule has 42 heavy (non-hydrogen) atoms. The highest BCUT2D eigenvalue weighted by Crippen LogP contribution is 2.27. The molecule has 0 aromatic heterocycles. The van der Waals surface area contributed by atoms with Gasteiger partial charge in [-0.15, -0.1) is 0 Å². The molecule has 0 N–H and O–H groups in total. The van der Waals surface area contributed by atoms with E-state index in [9.17, 15) is 0 Å². The largest absolute Gasteiger partial charge is 0.301 e. The van der Waals surface area contributed by atoms with Crippen LogP contribution in [-0.2, 0) is 0 Å². The van der Waals surface area contributed by atoms with Gasteiger partial charge in [0.05, 0.1) is 6.54 Å².